The summed E-state index contributed by atoms with van der Waals surface area (Å²) in [6, 6.07) is 24.4. The van der Waals surface area contributed by atoms with Crippen molar-refractivity contribution in [3.8, 4) is 17.6 Å². The maximum atomic E-state index is 12.4. The van der Waals surface area contributed by atoms with Gasteiger partial charge >= 0.3 is 5.97 Å². The first-order valence-electron chi connectivity index (χ1n) is 7.72. The number of para-hydroxylation sites is 1. The molecule has 0 aliphatic carbocycles. The van der Waals surface area contributed by atoms with E-state index in [1.807, 2.05) is 36.4 Å². The van der Waals surface area contributed by atoms with Crippen LogP contribution in [0.4, 0.5) is 0 Å². The lowest BCUT2D eigenvalue weighted by atomic mass is 10.1. The Morgan fingerprint density at radius 1 is 0.720 bits per heavy atom. The monoisotopic (exact) mass is 326 g/mol. The van der Waals surface area contributed by atoms with E-state index < -0.39 is 11.8 Å². The molecule has 3 nitrogen and oxygen atoms in total. The molecule has 0 aliphatic rings. The minimum Gasteiger partial charge on any atom is -0.422 e. The van der Waals surface area contributed by atoms with Gasteiger partial charge in [-0.2, -0.15) is 0 Å². The molecule has 3 aromatic carbocycles. The third-order valence-corrected chi connectivity index (χ3v) is 3.44. The molecule has 0 saturated heterocycles. The molecule has 0 radical (unpaired) electrons. The topological polar surface area (TPSA) is 43.4 Å². The molecule has 0 fully saturated rings. The quantitative estimate of drug-likeness (QED) is 0.314. The molecular formula is C22H14O3. The molecule has 3 aromatic rings. The molecule has 0 aliphatic heterocycles. The highest BCUT2D eigenvalue weighted by molar-refractivity contribution is 6.11. The normalized spacial score (nSPS) is 9.60. The number of ketones is 1. The first kappa shape index (κ1) is 16.2. The first-order valence-corrected chi connectivity index (χ1v) is 7.72. The van der Waals surface area contributed by atoms with Gasteiger partial charge in [0, 0.05) is 5.56 Å². The van der Waals surface area contributed by atoms with Gasteiger partial charge in [-0.3, -0.25) is 4.79 Å². The van der Waals surface area contributed by atoms with Crippen molar-refractivity contribution in [1.82, 2.24) is 0 Å². The Morgan fingerprint density at radius 2 is 1.32 bits per heavy atom. The van der Waals surface area contributed by atoms with E-state index >= 15 is 0 Å². The molecule has 0 unspecified atom stereocenters. The van der Waals surface area contributed by atoms with Crippen molar-refractivity contribution >= 4 is 11.8 Å². The molecule has 25 heavy (non-hydrogen) atoms. The Morgan fingerprint density at radius 3 is 2.04 bits per heavy atom. The number of hydrogen-bond acceptors (Lipinski definition) is 3. The van der Waals surface area contributed by atoms with E-state index in [2.05, 4.69) is 11.8 Å². The zero-order valence-corrected chi connectivity index (χ0v) is 13.3. The van der Waals surface area contributed by atoms with Gasteiger partial charge in [0.05, 0.1) is 11.1 Å². The van der Waals surface area contributed by atoms with Gasteiger partial charge in [0.15, 0.2) is 0 Å². The summed E-state index contributed by atoms with van der Waals surface area (Å²) in [5, 5.41) is 0. The Labute approximate surface area is 145 Å². The van der Waals surface area contributed by atoms with Crippen LogP contribution in [0.3, 0.4) is 0 Å². The van der Waals surface area contributed by atoms with Crippen molar-refractivity contribution in [1.29, 1.82) is 0 Å². The largest absolute Gasteiger partial charge is 0.422 e. The van der Waals surface area contributed by atoms with E-state index in [-0.39, 0.29) is 11.3 Å². The van der Waals surface area contributed by atoms with Crippen LogP contribution in [0.2, 0.25) is 0 Å². The number of hydrogen-bond donors (Lipinski definition) is 0. The van der Waals surface area contributed by atoms with Crippen LogP contribution in [-0.4, -0.2) is 11.8 Å². The van der Waals surface area contributed by atoms with Gasteiger partial charge in [0.25, 0.3) is 0 Å². The average Bonchev–Trinajstić information content (AvgIpc) is 2.68. The van der Waals surface area contributed by atoms with Crippen molar-refractivity contribution in [2.45, 2.75) is 0 Å². The summed E-state index contributed by atoms with van der Waals surface area (Å²) in [4.78, 5) is 24.6. The van der Waals surface area contributed by atoms with E-state index in [0.717, 1.165) is 5.56 Å². The molecule has 0 aromatic heterocycles. The molecule has 3 rings (SSSR count). The molecule has 3 heteroatoms. The van der Waals surface area contributed by atoms with Crippen LogP contribution in [0.5, 0.6) is 5.75 Å². The number of Topliss-reactive ketones (excluding diaryl/α,β-unsaturated/α-hetero) is 1. The fourth-order valence-electron chi connectivity index (χ4n) is 2.19. The lowest BCUT2D eigenvalue weighted by molar-refractivity contribution is 0.0733. The standard InChI is InChI=1S/C22H14O3/c23-20(16-15-17-9-3-1-4-10-17)19-13-7-8-14-21(19)25-22(24)18-11-5-2-6-12-18/h1-14H. The second kappa shape index (κ2) is 7.76. The number of ether oxygens (including phenoxy) is 1. The van der Waals surface area contributed by atoms with Crippen LogP contribution in [0, 0.1) is 11.8 Å². The van der Waals surface area contributed by atoms with Gasteiger partial charge < -0.3 is 4.74 Å². The van der Waals surface area contributed by atoms with Crippen LogP contribution >= 0.6 is 0 Å². The SMILES string of the molecule is O=C(Oc1ccccc1C(=O)C#Cc1ccccc1)c1ccccc1. The summed E-state index contributed by atoms with van der Waals surface area (Å²) in [6.07, 6.45) is 0. The smallest absolute Gasteiger partial charge is 0.343 e. The van der Waals surface area contributed by atoms with E-state index in [0.29, 0.717) is 5.56 Å². The summed E-state index contributed by atoms with van der Waals surface area (Å²) in [5.41, 5.74) is 1.42. The molecular weight excluding hydrogens is 312 g/mol. The summed E-state index contributed by atoms with van der Waals surface area (Å²) < 4.78 is 5.38. The number of carbonyl (C=O) groups excluding carboxylic acids is 2. The molecule has 0 saturated carbocycles. The fourth-order valence-corrected chi connectivity index (χ4v) is 2.19. The minimum atomic E-state index is -0.517. The first-order chi connectivity index (χ1) is 12.2. The highest BCUT2D eigenvalue weighted by Gasteiger charge is 2.14. The number of benzene rings is 3. The minimum absolute atomic E-state index is 0.198. The third kappa shape index (κ3) is 4.21. The van der Waals surface area contributed by atoms with Crippen LogP contribution in [-0.2, 0) is 0 Å². The molecule has 0 bridgehead atoms. The highest BCUT2D eigenvalue weighted by Crippen LogP contribution is 2.20. The zero-order chi connectivity index (χ0) is 17.5. The molecule has 120 valence electrons. The van der Waals surface area contributed by atoms with Crippen molar-refractivity contribution in [3.05, 3.63) is 102 Å². The highest BCUT2D eigenvalue weighted by atomic mass is 16.5. The van der Waals surface area contributed by atoms with Gasteiger partial charge in [-0.05, 0) is 42.3 Å². The second-order valence-electron chi connectivity index (χ2n) is 5.20. The van der Waals surface area contributed by atoms with Crippen molar-refractivity contribution in [3.63, 3.8) is 0 Å². The van der Waals surface area contributed by atoms with E-state index in [1.54, 1.807) is 48.5 Å². The van der Waals surface area contributed by atoms with Gasteiger partial charge in [-0.1, -0.05) is 54.5 Å². The Kier molecular flexibility index (Phi) is 5.04. The Bertz CT molecular complexity index is 949. The summed E-state index contributed by atoms with van der Waals surface area (Å²) >= 11 is 0. The van der Waals surface area contributed by atoms with Gasteiger partial charge in [-0.15, -0.1) is 0 Å². The van der Waals surface area contributed by atoms with Crippen LogP contribution < -0.4 is 4.74 Å². The molecule has 0 spiro atoms. The van der Waals surface area contributed by atoms with Gasteiger partial charge in [0.2, 0.25) is 5.78 Å². The van der Waals surface area contributed by atoms with E-state index in [1.165, 1.54) is 0 Å². The number of carbonyl (C=O) groups is 2. The predicted octanol–water partition coefficient (Wildman–Crippen LogP) is 4.14. The molecule has 0 atom stereocenters. The summed E-state index contributed by atoms with van der Waals surface area (Å²) in [6.45, 7) is 0. The second-order valence-corrected chi connectivity index (χ2v) is 5.20. The Hall–Kier alpha value is -3.64. The number of esters is 1. The van der Waals surface area contributed by atoms with E-state index in [9.17, 15) is 9.59 Å². The van der Waals surface area contributed by atoms with Crippen molar-refractivity contribution < 1.29 is 14.3 Å². The Balaban J connectivity index is 1.83. The lowest BCUT2D eigenvalue weighted by Gasteiger charge is -2.07. The lowest BCUT2D eigenvalue weighted by Crippen LogP contribution is -2.11. The van der Waals surface area contributed by atoms with Crippen LogP contribution in [0.15, 0.2) is 84.9 Å². The predicted molar refractivity (Wildman–Crippen MR) is 95.5 cm³/mol. The molecule has 0 amide bonds. The third-order valence-electron chi connectivity index (χ3n) is 3.44. The van der Waals surface area contributed by atoms with Crippen molar-refractivity contribution in [2.75, 3.05) is 0 Å². The molecule has 0 N–H and O–H groups in total. The van der Waals surface area contributed by atoms with Crippen molar-refractivity contribution in [2.24, 2.45) is 0 Å². The summed E-state index contributed by atoms with van der Waals surface area (Å²) in [5.74, 6) is 4.68. The molecule has 0 heterocycles. The van der Waals surface area contributed by atoms with Crippen LogP contribution in [0.25, 0.3) is 0 Å². The average molecular weight is 326 g/mol. The van der Waals surface area contributed by atoms with E-state index in [4.69, 9.17) is 4.74 Å². The van der Waals surface area contributed by atoms with Gasteiger partial charge in [-0.25, -0.2) is 4.79 Å². The van der Waals surface area contributed by atoms with Gasteiger partial charge in [0.1, 0.15) is 5.75 Å². The summed E-state index contributed by atoms with van der Waals surface area (Å²) in [7, 11) is 0. The fraction of sp³-hybridized carbons (Fsp3) is 0. The maximum absolute atomic E-state index is 12.4. The van der Waals surface area contributed by atoms with Crippen LogP contribution in [0.1, 0.15) is 26.3 Å². The number of rotatable bonds is 3. The zero-order valence-electron chi connectivity index (χ0n) is 13.3. The maximum Gasteiger partial charge on any atom is 0.343 e.